The predicted molar refractivity (Wildman–Crippen MR) is 73.6 cm³/mol. The summed E-state index contributed by atoms with van der Waals surface area (Å²) in [5.74, 6) is 0. The minimum atomic E-state index is 0.245. The Bertz CT molecular complexity index is 570. The summed E-state index contributed by atoms with van der Waals surface area (Å²) in [5.41, 5.74) is 8.59. The van der Waals surface area contributed by atoms with Crippen LogP contribution in [0.3, 0.4) is 0 Å². The number of nitrogen functional groups attached to an aromatic ring is 1. The number of fused-ring (bicyclic) bond motifs is 1. The third-order valence-electron chi connectivity index (χ3n) is 3.52. The van der Waals surface area contributed by atoms with Crippen LogP contribution in [-0.4, -0.2) is 23.7 Å². The van der Waals surface area contributed by atoms with Crippen LogP contribution in [0.25, 0.3) is 10.9 Å². The van der Waals surface area contributed by atoms with Crippen LogP contribution in [0.15, 0.2) is 30.5 Å². The smallest absolute Gasteiger partial charge is 0.0951 e. The van der Waals surface area contributed by atoms with E-state index >= 15 is 0 Å². The standard InChI is InChI=1S/C14H17N3O/c1-9-12(6-8-18-9)17-13-5-4-11(15)14-10(13)3-2-7-16-14/h2-5,7,9,12,17H,6,8,15H2,1H3. The highest BCUT2D eigenvalue weighted by molar-refractivity contribution is 5.98. The minimum Gasteiger partial charge on any atom is -0.397 e. The topological polar surface area (TPSA) is 60.2 Å². The number of rotatable bonds is 2. The lowest BCUT2D eigenvalue weighted by Crippen LogP contribution is -2.26. The van der Waals surface area contributed by atoms with Crippen molar-refractivity contribution in [3.05, 3.63) is 30.5 Å². The zero-order valence-electron chi connectivity index (χ0n) is 10.4. The minimum absolute atomic E-state index is 0.245. The van der Waals surface area contributed by atoms with Crippen molar-refractivity contribution in [1.29, 1.82) is 0 Å². The van der Waals surface area contributed by atoms with E-state index in [0.29, 0.717) is 11.7 Å². The molecule has 18 heavy (non-hydrogen) atoms. The van der Waals surface area contributed by atoms with Crippen LogP contribution in [0, 0.1) is 0 Å². The number of benzene rings is 1. The second-order valence-corrected chi connectivity index (χ2v) is 4.72. The molecule has 1 aromatic heterocycles. The molecular formula is C14H17N3O. The van der Waals surface area contributed by atoms with E-state index in [-0.39, 0.29) is 6.10 Å². The summed E-state index contributed by atoms with van der Waals surface area (Å²) in [7, 11) is 0. The average molecular weight is 243 g/mol. The summed E-state index contributed by atoms with van der Waals surface area (Å²) in [6.45, 7) is 2.92. The molecule has 0 radical (unpaired) electrons. The molecule has 1 aliphatic rings. The van der Waals surface area contributed by atoms with Gasteiger partial charge in [-0.1, -0.05) is 0 Å². The van der Waals surface area contributed by atoms with E-state index in [0.717, 1.165) is 29.6 Å². The molecule has 0 aliphatic carbocycles. The van der Waals surface area contributed by atoms with E-state index in [1.165, 1.54) is 0 Å². The quantitative estimate of drug-likeness (QED) is 0.795. The summed E-state index contributed by atoms with van der Waals surface area (Å²) in [6, 6.07) is 8.25. The molecule has 0 spiro atoms. The van der Waals surface area contributed by atoms with Crippen molar-refractivity contribution in [3.63, 3.8) is 0 Å². The Hall–Kier alpha value is -1.81. The molecule has 2 atom stereocenters. The van der Waals surface area contributed by atoms with Gasteiger partial charge in [-0.25, -0.2) is 0 Å². The monoisotopic (exact) mass is 243 g/mol. The lowest BCUT2D eigenvalue weighted by Gasteiger charge is -2.19. The maximum Gasteiger partial charge on any atom is 0.0951 e. The molecule has 0 bridgehead atoms. The number of ether oxygens (including phenoxy) is 1. The van der Waals surface area contributed by atoms with Gasteiger partial charge in [-0.15, -0.1) is 0 Å². The number of pyridine rings is 1. The van der Waals surface area contributed by atoms with Crippen molar-refractivity contribution >= 4 is 22.3 Å². The second kappa shape index (κ2) is 4.46. The molecule has 1 aliphatic heterocycles. The molecule has 1 fully saturated rings. The van der Waals surface area contributed by atoms with Crippen LogP contribution in [0.4, 0.5) is 11.4 Å². The molecule has 1 aromatic carbocycles. The van der Waals surface area contributed by atoms with E-state index in [1.54, 1.807) is 6.20 Å². The van der Waals surface area contributed by atoms with Gasteiger partial charge in [-0.3, -0.25) is 4.98 Å². The zero-order valence-corrected chi connectivity index (χ0v) is 10.4. The van der Waals surface area contributed by atoms with Gasteiger partial charge >= 0.3 is 0 Å². The van der Waals surface area contributed by atoms with Crippen molar-refractivity contribution in [1.82, 2.24) is 4.98 Å². The Balaban J connectivity index is 1.99. The number of nitrogens with one attached hydrogen (secondary N) is 1. The largest absolute Gasteiger partial charge is 0.397 e. The first-order valence-electron chi connectivity index (χ1n) is 6.27. The molecular weight excluding hydrogens is 226 g/mol. The Morgan fingerprint density at radius 3 is 3.06 bits per heavy atom. The highest BCUT2D eigenvalue weighted by Crippen LogP contribution is 2.28. The molecule has 0 amide bonds. The number of nitrogens with two attached hydrogens (primary N) is 1. The van der Waals surface area contributed by atoms with Crippen molar-refractivity contribution in [2.24, 2.45) is 0 Å². The van der Waals surface area contributed by atoms with Crippen molar-refractivity contribution in [2.45, 2.75) is 25.5 Å². The van der Waals surface area contributed by atoms with Gasteiger partial charge in [-0.2, -0.15) is 0 Å². The van der Waals surface area contributed by atoms with E-state index in [9.17, 15) is 0 Å². The first-order valence-corrected chi connectivity index (χ1v) is 6.27. The van der Waals surface area contributed by atoms with Crippen molar-refractivity contribution < 1.29 is 4.74 Å². The summed E-state index contributed by atoms with van der Waals surface area (Å²) in [5, 5.41) is 4.61. The summed E-state index contributed by atoms with van der Waals surface area (Å²) in [4.78, 5) is 4.34. The first kappa shape index (κ1) is 11.3. The fourth-order valence-electron chi connectivity index (χ4n) is 2.44. The molecule has 2 aromatic rings. The van der Waals surface area contributed by atoms with Crippen LogP contribution in [-0.2, 0) is 4.74 Å². The summed E-state index contributed by atoms with van der Waals surface area (Å²) in [6.07, 6.45) is 3.05. The molecule has 1 saturated heterocycles. The summed E-state index contributed by atoms with van der Waals surface area (Å²) < 4.78 is 5.57. The number of nitrogens with zero attached hydrogens (tertiary/aromatic N) is 1. The molecule has 2 unspecified atom stereocenters. The van der Waals surface area contributed by atoms with E-state index < -0.39 is 0 Å². The molecule has 3 rings (SSSR count). The van der Waals surface area contributed by atoms with Gasteiger partial charge in [0.2, 0.25) is 0 Å². The highest BCUT2D eigenvalue weighted by Gasteiger charge is 2.24. The zero-order chi connectivity index (χ0) is 12.5. The third kappa shape index (κ3) is 1.88. The van der Waals surface area contributed by atoms with Crippen LogP contribution in [0.1, 0.15) is 13.3 Å². The molecule has 0 saturated carbocycles. The van der Waals surface area contributed by atoms with E-state index in [4.69, 9.17) is 10.5 Å². The van der Waals surface area contributed by atoms with Crippen molar-refractivity contribution in [3.8, 4) is 0 Å². The Morgan fingerprint density at radius 1 is 1.39 bits per heavy atom. The van der Waals surface area contributed by atoms with Crippen LogP contribution < -0.4 is 11.1 Å². The maximum absolute atomic E-state index is 5.95. The van der Waals surface area contributed by atoms with Gasteiger partial charge < -0.3 is 15.8 Å². The van der Waals surface area contributed by atoms with Gasteiger partial charge in [0.25, 0.3) is 0 Å². The first-order chi connectivity index (χ1) is 8.75. The Morgan fingerprint density at radius 2 is 2.28 bits per heavy atom. The van der Waals surface area contributed by atoms with Gasteiger partial charge in [-0.05, 0) is 37.6 Å². The van der Waals surface area contributed by atoms with Gasteiger partial charge in [0.15, 0.2) is 0 Å². The molecule has 94 valence electrons. The number of hydrogen-bond donors (Lipinski definition) is 2. The van der Waals surface area contributed by atoms with Crippen LogP contribution in [0.5, 0.6) is 0 Å². The average Bonchev–Trinajstić information content (AvgIpc) is 2.79. The van der Waals surface area contributed by atoms with Crippen LogP contribution >= 0.6 is 0 Å². The number of hydrogen-bond acceptors (Lipinski definition) is 4. The maximum atomic E-state index is 5.95. The molecule has 3 N–H and O–H groups in total. The fourth-order valence-corrected chi connectivity index (χ4v) is 2.44. The molecule has 2 heterocycles. The van der Waals surface area contributed by atoms with Gasteiger partial charge in [0.1, 0.15) is 0 Å². The Labute approximate surface area is 106 Å². The lowest BCUT2D eigenvalue weighted by molar-refractivity contribution is 0.121. The van der Waals surface area contributed by atoms with Gasteiger partial charge in [0, 0.05) is 23.9 Å². The van der Waals surface area contributed by atoms with Crippen molar-refractivity contribution in [2.75, 3.05) is 17.7 Å². The van der Waals surface area contributed by atoms with E-state index in [1.807, 2.05) is 24.3 Å². The SMILES string of the molecule is CC1OCCC1Nc1ccc(N)c2ncccc12. The van der Waals surface area contributed by atoms with Gasteiger partial charge in [0.05, 0.1) is 23.3 Å². The fraction of sp³-hybridized carbons (Fsp3) is 0.357. The predicted octanol–water partition coefficient (Wildman–Crippen LogP) is 2.41. The lowest BCUT2D eigenvalue weighted by atomic mass is 10.1. The number of anilines is 2. The third-order valence-corrected chi connectivity index (χ3v) is 3.52. The molecule has 4 nitrogen and oxygen atoms in total. The number of aromatic nitrogens is 1. The summed E-state index contributed by atoms with van der Waals surface area (Å²) >= 11 is 0. The Kier molecular flexibility index (Phi) is 2.80. The van der Waals surface area contributed by atoms with Crippen LogP contribution in [0.2, 0.25) is 0 Å². The highest BCUT2D eigenvalue weighted by atomic mass is 16.5. The second-order valence-electron chi connectivity index (χ2n) is 4.72. The van der Waals surface area contributed by atoms with E-state index in [2.05, 4.69) is 17.2 Å². The molecule has 4 heteroatoms. The normalized spacial score (nSPS) is 23.4.